The zero-order valence-electron chi connectivity index (χ0n) is 14.4. The van der Waals surface area contributed by atoms with Crippen LogP contribution in [0.2, 0.25) is 0 Å². The van der Waals surface area contributed by atoms with Gasteiger partial charge in [-0.15, -0.1) is 0 Å². The molecule has 2 aromatic rings. The average Bonchev–Trinajstić information content (AvgIpc) is 2.96. The molecule has 0 saturated heterocycles. The van der Waals surface area contributed by atoms with Crippen LogP contribution in [0.4, 0.5) is 8.78 Å². The van der Waals surface area contributed by atoms with Crippen LogP contribution in [0.25, 0.3) is 0 Å². The van der Waals surface area contributed by atoms with Crippen molar-refractivity contribution >= 4 is 19.7 Å². The molecule has 0 radical (unpaired) electrons. The number of unbranched alkanes of at least 4 members (excludes halogenated alkanes) is 1. The Bertz CT molecular complexity index is 985. The van der Waals surface area contributed by atoms with Crippen molar-refractivity contribution in [3.05, 3.63) is 47.8 Å². The fourth-order valence-corrected chi connectivity index (χ4v) is 5.33. The quantitative estimate of drug-likeness (QED) is 0.629. The second-order valence-electron chi connectivity index (χ2n) is 6.15. The minimum absolute atomic E-state index is 0.0505. The number of benzene rings is 1. The number of nitrogens with zero attached hydrogens (tertiary/aromatic N) is 2. The van der Waals surface area contributed by atoms with E-state index in [9.17, 15) is 25.6 Å². The summed E-state index contributed by atoms with van der Waals surface area (Å²) in [5.41, 5.74) is -0.285. The van der Waals surface area contributed by atoms with E-state index in [1.54, 1.807) is 0 Å². The molecule has 0 fully saturated rings. The molecule has 2 rings (SSSR count). The summed E-state index contributed by atoms with van der Waals surface area (Å²) in [7, 11) is -5.80. The van der Waals surface area contributed by atoms with Crippen LogP contribution in [0.3, 0.4) is 0 Å². The number of sulfone groups is 2. The summed E-state index contributed by atoms with van der Waals surface area (Å²) >= 11 is 0. The lowest BCUT2D eigenvalue weighted by Gasteiger charge is -2.18. The molecular formula is C16H20F2N2O4S2. The first-order valence-electron chi connectivity index (χ1n) is 7.86. The largest absolute Gasteiger partial charge is 0.325 e. The molecule has 0 aliphatic heterocycles. The Morgan fingerprint density at radius 3 is 2.42 bits per heavy atom. The van der Waals surface area contributed by atoms with Gasteiger partial charge in [-0.2, -0.15) is 0 Å². The van der Waals surface area contributed by atoms with Gasteiger partial charge >= 0.3 is 0 Å². The van der Waals surface area contributed by atoms with Gasteiger partial charge in [-0.3, -0.25) is 0 Å². The van der Waals surface area contributed by atoms with E-state index >= 15 is 0 Å². The number of hydrogen-bond acceptors (Lipinski definition) is 5. The summed E-state index contributed by atoms with van der Waals surface area (Å²) in [5.74, 6) is -1.69. The number of aromatic nitrogens is 2. The molecule has 6 nitrogen and oxygen atoms in total. The maximum atomic E-state index is 14.2. The van der Waals surface area contributed by atoms with E-state index in [0.717, 1.165) is 24.5 Å². The van der Waals surface area contributed by atoms with Crippen molar-refractivity contribution in [2.24, 2.45) is 7.05 Å². The molecule has 0 N–H and O–H groups in total. The molecular weight excluding hydrogens is 386 g/mol. The fourth-order valence-electron chi connectivity index (χ4n) is 2.69. The van der Waals surface area contributed by atoms with E-state index in [2.05, 4.69) is 4.98 Å². The first kappa shape index (κ1) is 20.5. The van der Waals surface area contributed by atoms with Crippen molar-refractivity contribution < 1.29 is 25.6 Å². The summed E-state index contributed by atoms with van der Waals surface area (Å²) in [6.45, 7) is 0. The Morgan fingerprint density at radius 1 is 1.15 bits per heavy atom. The van der Waals surface area contributed by atoms with Crippen LogP contribution in [0, 0.1) is 11.6 Å². The predicted octanol–water partition coefficient (Wildman–Crippen LogP) is 2.43. The molecule has 1 heterocycles. The molecule has 144 valence electrons. The van der Waals surface area contributed by atoms with E-state index in [-0.39, 0.29) is 35.7 Å². The Morgan fingerprint density at radius 2 is 1.85 bits per heavy atom. The summed E-state index contributed by atoms with van der Waals surface area (Å²) in [4.78, 5) is 3.82. The number of rotatable bonds is 8. The van der Waals surface area contributed by atoms with Crippen molar-refractivity contribution in [1.82, 2.24) is 9.55 Å². The molecule has 0 spiro atoms. The molecule has 0 bridgehead atoms. The zero-order chi connectivity index (χ0) is 19.5. The predicted molar refractivity (Wildman–Crippen MR) is 93.1 cm³/mol. The van der Waals surface area contributed by atoms with Gasteiger partial charge in [0.1, 0.15) is 21.5 Å². The molecule has 1 aromatic heterocycles. The monoisotopic (exact) mass is 406 g/mol. The minimum atomic E-state index is -4.10. The SMILES string of the molecule is Cn1ccnc1S(=O)(=O)C(CCCCS(C)(=O)=O)c1cc(F)ccc1F. The highest BCUT2D eigenvalue weighted by molar-refractivity contribution is 7.91. The van der Waals surface area contributed by atoms with Crippen LogP contribution in [0.15, 0.2) is 35.7 Å². The van der Waals surface area contributed by atoms with Crippen molar-refractivity contribution in [2.75, 3.05) is 12.0 Å². The van der Waals surface area contributed by atoms with Crippen LogP contribution in [0.1, 0.15) is 30.1 Å². The highest BCUT2D eigenvalue weighted by atomic mass is 32.2. The first-order chi connectivity index (χ1) is 12.0. The topological polar surface area (TPSA) is 86.1 Å². The second kappa shape index (κ2) is 7.83. The van der Waals surface area contributed by atoms with E-state index in [0.29, 0.717) is 0 Å². The summed E-state index contributed by atoms with van der Waals surface area (Å²) in [6.07, 6.45) is 4.22. The maximum Gasteiger partial charge on any atom is 0.227 e. The smallest absolute Gasteiger partial charge is 0.227 e. The normalized spacial score (nSPS) is 13.7. The number of hydrogen-bond donors (Lipinski definition) is 0. The van der Waals surface area contributed by atoms with Crippen LogP contribution in [0.5, 0.6) is 0 Å². The molecule has 0 amide bonds. The fraction of sp³-hybridized carbons (Fsp3) is 0.438. The van der Waals surface area contributed by atoms with Crippen LogP contribution < -0.4 is 0 Å². The van der Waals surface area contributed by atoms with Gasteiger partial charge in [0.2, 0.25) is 15.0 Å². The second-order valence-corrected chi connectivity index (χ2v) is 10.4. The van der Waals surface area contributed by atoms with Crippen LogP contribution >= 0.6 is 0 Å². The summed E-state index contributed by atoms with van der Waals surface area (Å²) in [5, 5.41) is -1.62. The van der Waals surface area contributed by atoms with Gasteiger partial charge in [0.15, 0.2) is 0 Å². The third-order valence-electron chi connectivity index (χ3n) is 3.94. The Labute approximate surface area is 151 Å². The standard InChI is InChI=1S/C16H20F2N2O4S2/c1-20-9-8-19-16(20)26(23,24)15(5-3-4-10-25(2,21)22)13-11-12(17)6-7-14(13)18/h6-9,11,15H,3-5,10H2,1-2H3. The molecule has 1 aromatic carbocycles. The Hall–Kier alpha value is -1.81. The summed E-state index contributed by atoms with van der Waals surface area (Å²) in [6, 6.07) is 2.64. The van der Waals surface area contributed by atoms with E-state index < -0.39 is 36.6 Å². The Balaban J connectivity index is 2.39. The third kappa shape index (κ3) is 4.88. The number of aryl methyl sites for hydroxylation is 1. The highest BCUT2D eigenvalue weighted by Gasteiger charge is 2.34. The van der Waals surface area contributed by atoms with E-state index in [1.165, 1.54) is 24.0 Å². The van der Waals surface area contributed by atoms with Gasteiger partial charge in [0.05, 0.1) is 5.25 Å². The van der Waals surface area contributed by atoms with Gasteiger partial charge in [-0.05, 0) is 31.0 Å². The Kier molecular flexibility index (Phi) is 6.17. The zero-order valence-corrected chi connectivity index (χ0v) is 16.0. The maximum absolute atomic E-state index is 14.2. The molecule has 0 aliphatic rings. The van der Waals surface area contributed by atoms with Crippen molar-refractivity contribution in [3.8, 4) is 0 Å². The lowest BCUT2D eigenvalue weighted by Crippen LogP contribution is -2.19. The number of imidazole rings is 1. The molecule has 1 atom stereocenters. The lowest BCUT2D eigenvalue weighted by atomic mass is 10.1. The van der Waals surface area contributed by atoms with Gasteiger partial charge in [0.25, 0.3) is 0 Å². The average molecular weight is 406 g/mol. The van der Waals surface area contributed by atoms with Gasteiger partial charge in [-0.1, -0.05) is 6.42 Å². The highest BCUT2D eigenvalue weighted by Crippen LogP contribution is 2.34. The van der Waals surface area contributed by atoms with Crippen molar-refractivity contribution in [2.45, 2.75) is 29.7 Å². The molecule has 26 heavy (non-hydrogen) atoms. The van der Waals surface area contributed by atoms with Gasteiger partial charge in [-0.25, -0.2) is 30.6 Å². The van der Waals surface area contributed by atoms with Crippen molar-refractivity contribution in [3.63, 3.8) is 0 Å². The summed E-state index contributed by atoms with van der Waals surface area (Å²) < 4.78 is 77.5. The molecule has 10 heteroatoms. The first-order valence-corrected chi connectivity index (χ1v) is 11.5. The van der Waals surface area contributed by atoms with E-state index in [4.69, 9.17) is 0 Å². The van der Waals surface area contributed by atoms with Crippen LogP contribution in [-0.2, 0) is 26.7 Å². The van der Waals surface area contributed by atoms with E-state index in [1.807, 2.05) is 0 Å². The van der Waals surface area contributed by atoms with Crippen molar-refractivity contribution in [1.29, 1.82) is 0 Å². The minimum Gasteiger partial charge on any atom is -0.325 e. The third-order valence-corrected chi connectivity index (χ3v) is 7.11. The van der Waals surface area contributed by atoms with Gasteiger partial charge < -0.3 is 4.57 Å². The lowest BCUT2D eigenvalue weighted by molar-refractivity contribution is 0.534. The van der Waals surface area contributed by atoms with Gasteiger partial charge in [0, 0.05) is 37.0 Å². The molecule has 0 aliphatic carbocycles. The van der Waals surface area contributed by atoms with Crippen LogP contribution in [-0.4, -0.2) is 38.4 Å². The number of halogens is 2. The molecule has 0 saturated carbocycles. The molecule has 1 unspecified atom stereocenters.